The quantitative estimate of drug-likeness (QED) is 0.680. The van der Waals surface area contributed by atoms with Crippen LogP contribution in [0.3, 0.4) is 0 Å². The summed E-state index contributed by atoms with van der Waals surface area (Å²) in [4.78, 5) is 9.33. The van der Waals surface area contributed by atoms with Gasteiger partial charge in [-0.25, -0.2) is 4.98 Å². The molecule has 4 nitrogen and oxygen atoms in total. The lowest BCUT2D eigenvalue weighted by molar-refractivity contribution is -0.131. The van der Waals surface area contributed by atoms with Gasteiger partial charge in [0, 0.05) is 26.2 Å². The normalized spacial score (nSPS) is 23.2. The van der Waals surface area contributed by atoms with E-state index in [1.165, 1.54) is 16.5 Å². The van der Waals surface area contributed by atoms with Crippen LogP contribution < -0.4 is 4.90 Å². The van der Waals surface area contributed by atoms with E-state index in [0.717, 1.165) is 44.4 Å². The minimum Gasteiger partial charge on any atom is -0.377 e. The Hall–Kier alpha value is -0.430. The van der Waals surface area contributed by atoms with Crippen molar-refractivity contribution in [3.8, 4) is 0 Å². The van der Waals surface area contributed by atoms with Gasteiger partial charge in [-0.2, -0.15) is 0 Å². The molecule has 0 saturated carbocycles. The van der Waals surface area contributed by atoms with Crippen LogP contribution in [-0.2, 0) is 4.74 Å². The molecule has 0 aromatic carbocycles. The summed E-state index contributed by atoms with van der Waals surface area (Å²) in [6, 6.07) is 4.16. The van der Waals surface area contributed by atoms with Gasteiger partial charge in [-0.1, -0.05) is 0 Å². The summed E-state index contributed by atoms with van der Waals surface area (Å²) in [7, 11) is 1.38. The van der Waals surface area contributed by atoms with Gasteiger partial charge in [0.1, 0.15) is 5.03 Å². The topological polar surface area (TPSA) is 28.6 Å². The second-order valence-corrected chi connectivity index (χ2v) is 6.56. The first-order chi connectivity index (χ1) is 9.21. The van der Waals surface area contributed by atoms with E-state index in [-0.39, 0.29) is 5.54 Å². The zero-order valence-electron chi connectivity index (χ0n) is 11.1. The highest BCUT2D eigenvalue weighted by Crippen LogP contribution is 2.27. The third-order valence-electron chi connectivity index (χ3n) is 4.05. The third kappa shape index (κ3) is 2.72. The number of piperazine rings is 1. The minimum absolute atomic E-state index is 0.275. The number of thiol groups is 1. The second-order valence-electron chi connectivity index (χ2n) is 5.41. The molecule has 3 heterocycles. The molecule has 19 heavy (non-hydrogen) atoms. The number of hydrogen-bond donors (Lipinski definition) is 1. The molecule has 104 valence electrons. The zero-order chi connectivity index (χ0) is 13.3. The lowest BCUT2D eigenvalue weighted by Crippen LogP contribution is -2.64. The van der Waals surface area contributed by atoms with Crippen LogP contribution in [0.25, 0.3) is 0 Å². The van der Waals surface area contributed by atoms with Gasteiger partial charge in [0.05, 0.1) is 30.6 Å². The molecule has 2 fully saturated rings. The minimum atomic E-state index is 0.275. The van der Waals surface area contributed by atoms with Crippen molar-refractivity contribution >= 4 is 28.1 Å². The Bertz CT molecular complexity index is 428. The van der Waals surface area contributed by atoms with Crippen LogP contribution in [0.1, 0.15) is 6.92 Å². The van der Waals surface area contributed by atoms with Gasteiger partial charge in [-0.15, -0.1) is 11.7 Å². The maximum absolute atomic E-state index is 5.35. The Morgan fingerprint density at radius 1 is 1.26 bits per heavy atom. The molecular weight excluding hydrogens is 278 g/mol. The Kier molecular flexibility index (Phi) is 3.93. The Morgan fingerprint density at radius 3 is 2.47 bits per heavy atom. The van der Waals surface area contributed by atoms with E-state index in [0.29, 0.717) is 0 Å². The molecule has 1 aromatic rings. The first kappa shape index (κ1) is 13.5. The molecular formula is C13H19N3OS2. The van der Waals surface area contributed by atoms with E-state index in [9.17, 15) is 0 Å². The number of anilines is 1. The molecule has 0 bridgehead atoms. The Labute approximate surface area is 123 Å². The van der Waals surface area contributed by atoms with Gasteiger partial charge in [-0.05, 0) is 29.9 Å². The van der Waals surface area contributed by atoms with Crippen LogP contribution in [0, 0.1) is 0 Å². The predicted octanol–water partition coefficient (Wildman–Crippen LogP) is 1.93. The van der Waals surface area contributed by atoms with E-state index in [1.807, 2.05) is 12.3 Å². The molecule has 2 aliphatic heterocycles. The van der Waals surface area contributed by atoms with Gasteiger partial charge in [0.15, 0.2) is 0 Å². The summed E-state index contributed by atoms with van der Waals surface area (Å²) >= 11 is 4.15. The summed E-state index contributed by atoms with van der Waals surface area (Å²) in [5.74, 6) is 0. The van der Waals surface area contributed by atoms with Crippen molar-refractivity contribution in [2.45, 2.75) is 17.5 Å². The molecule has 0 radical (unpaired) electrons. The van der Waals surface area contributed by atoms with Crippen LogP contribution in [0.2, 0.25) is 0 Å². The number of aromatic nitrogens is 1. The largest absolute Gasteiger partial charge is 0.377 e. The molecule has 3 rings (SSSR count). The Morgan fingerprint density at radius 2 is 2.00 bits per heavy atom. The molecule has 0 unspecified atom stereocenters. The summed E-state index contributed by atoms with van der Waals surface area (Å²) in [6.07, 6.45) is 1.95. The van der Waals surface area contributed by atoms with Crippen LogP contribution in [-0.4, -0.2) is 54.8 Å². The Balaban J connectivity index is 1.60. The number of pyridine rings is 1. The van der Waals surface area contributed by atoms with Gasteiger partial charge < -0.3 is 9.64 Å². The monoisotopic (exact) mass is 297 g/mol. The lowest BCUT2D eigenvalue weighted by Gasteiger charge is -2.50. The van der Waals surface area contributed by atoms with Crippen LogP contribution >= 0.6 is 22.5 Å². The zero-order valence-corrected chi connectivity index (χ0v) is 12.8. The molecule has 2 aliphatic rings. The average Bonchev–Trinajstić information content (AvgIpc) is 2.45. The van der Waals surface area contributed by atoms with Gasteiger partial charge >= 0.3 is 0 Å². The highest BCUT2D eigenvalue weighted by molar-refractivity contribution is 8.68. The van der Waals surface area contributed by atoms with Crippen LogP contribution in [0.5, 0.6) is 0 Å². The maximum Gasteiger partial charge on any atom is 0.106 e. The first-order valence-electron chi connectivity index (χ1n) is 6.56. The molecule has 2 saturated heterocycles. The van der Waals surface area contributed by atoms with Crippen LogP contribution in [0.4, 0.5) is 5.69 Å². The van der Waals surface area contributed by atoms with Gasteiger partial charge in [0.25, 0.3) is 0 Å². The van der Waals surface area contributed by atoms with E-state index in [1.54, 1.807) is 0 Å². The van der Waals surface area contributed by atoms with Crippen molar-refractivity contribution in [1.82, 2.24) is 9.88 Å². The molecule has 0 amide bonds. The fourth-order valence-corrected chi connectivity index (χ4v) is 3.25. The van der Waals surface area contributed by atoms with Crippen molar-refractivity contribution < 1.29 is 4.74 Å². The smallest absolute Gasteiger partial charge is 0.106 e. The molecule has 0 N–H and O–H groups in total. The number of rotatable bonds is 3. The van der Waals surface area contributed by atoms with Gasteiger partial charge in [-0.3, -0.25) is 4.90 Å². The van der Waals surface area contributed by atoms with E-state index in [2.05, 4.69) is 39.4 Å². The highest BCUT2D eigenvalue weighted by atomic mass is 33.1. The van der Waals surface area contributed by atoms with Crippen molar-refractivity contribution in [2.75, 3.05) is 44.3 Å². The maximum atomic E-state index is 5.35. The van der Waals surface area contributed by atoms with Gasteiger partial charge in [0.2, 0.25) is 0 Å². The van der Waals surface area contributed by atoms with E-state index in [4.69, 9.17) is 4.74 Å². The summed E-state index contributed by atoms with van der Waals surface area (Å²) in [5.41, 5.74) is 1.48. The van der Waals surface area contributed by atoms with Crippen molar-refractivity contribution in [2.24, 2.45) is 0 Å². The van der Waals surface area contributed by atoms with E-state index < -0.39 is 0 Å². The SMILES string of the molecule is CC1(N2CCN(c3ccc(SS)nc3)CC2)COC1. The van der Waals surface area contributed by atoms with E-state index >= 15 is 0 Å². The molecule has 6 heteroatoms. The lowest BCUT2D eigenvalue weighted by atomic mass is 9.97. The summed E-state index contributed by atoms with van der Waals surface area (Å²) < 4.78 is 5.35. The number of hydrogen-bond acceptors (Lipinski definition) is 6. The number of ether oxygens (including phenoxy) is 1. The highest BCUT2D eigenvalue weighted by Gasteiger charge is 2.40. The standard InChI is InChI=1S/C13H19N3OS2/c1-13(9-17-10-13)16-6-4-15(5-7-16)11-2-3-12(19-18)14-8-11/h2-3,8,18H,4-7,9-10H2,1H3. The van der Waals surface area contributed by atoms with Crippen molar-refractivity contribution in [3.63, 3.8) is 0 Å². The predicted molar refractivity (Wildman–Crippen MR) is 82.1 cm³/mol. The number of nitrogens with zero attached hydrogens (tertiary/aromatic N) is 3. The van der Waals surface area contributed by atoms with Crippen molar-refractivity contribution in [1.29, 1.82) is 0 Å². The molecule has 0 spiro atoms. The fraction of sp³-hybridized carbons (Fsp3) is 0.615. The molecule has 0 aliphatic carbocycles. The fourth-order valence-electron chi connectivity index (χ4n) is 2.70. The average molecular weight is 297 g/mol. The second kappa shape index (κ2) is 5.52. The van der Waals surface area contributed by atoms with Crippen molar-refractivity contribution in [3.05, 3.63) is 18.3 Å². The molecule has 0 atom stereocenters. The van der Waals surface area contributed by atoms with Crippen LogP contribution in [0.15, 0.2) is 23.4 Å². The third-order valence-corrected chi connectivity index (χ3v) is 5.04. The summed E-state index contributed by atoms with van der Waals surface area (Å²) in [6.45, 7) is 8.37. The summed E-state index contributed by atoms with van der Waals surface area (Å²) in [5, 5.41) is 0.949. The first-order valence-corrected chi connectivity index (χ1v) is 8.43. The molecule has 1 aromatic heterocycles.